The van der Waals surface area contributed by atoms with Gasteiger partial charge in [0.15, 0.2) is 0 Å². The highest BCUT2D eigenvalue weighted by molar-refractivity contribution is 5.69. The quantitative estimate of drug-likeness (QED) is 0.571. The molecule has 1 saturated heterocycles. The van der Waals surface area contributed by atoms with Gasteiger partial charge in [0.25, 0.3) is 0 Å². The van der Waals surface area contributed by atoms with Gasteiger partial charge in [0, 0.05) is 32.2 Å². The summed E-state index contributed by atoms with van der Waals surface area (Å²) >= 11 is 0. The second kappa shape index (κ2) is 4.55. The first-order valence-corrected chi connectivity index (χ1v) is 4.48. The second-order valence-corrected chi connectivity index (χ2v) is 3.52. The van der Waals surface area contributed by atoms with Crippen molar-refractivity contribution in [3.05, 3.63) is 0 Å². The first-order chi connectivity index (χ1) is 6.13. The number of nitrogens with zero attached hydrogens (tertiary/aromatic N) is 2. The maximum atomic E-state index is 10.5. The van der Waals surface area contributed by atoms with E-state index >= 15 is 0 Å². The monoisotopic (exact) mass is 187 g/mol. The summed E-state index contributed by atoms with van der Waals surface area (Å²) in [5.74, 6) is -0.775. The Morgan fingerprint density at radius 1 is 1.62 bits per heavy atom. The molecule has 0 bridgehead atoms. The Morgan fingerprint density at radius 2 is 2.31 bits per heavy atom. The molecule has 3 N–H and O–H groups in total. The molecular formula is C8H17N3O2. The second-order valence-electron chi connectivity index (χ2n) is 3.52. The summed E-state index contributed by atoms with van der Waals surface area (Å²) in [7, 11) is 2.03. The zero-order chi connectivity index (χ0) is 9.84. The lowest BCUT2D eigenvalue weighted by molar-refractivity contribution is -0.139. The zero-order valence-electron chi connectivity index (χ0n) is 7.94. The fourth-order valence-electron chi connectivity index (χ4n) is 1.65. The van der Waals surface area contributed by atoms with Gasteiger partial charge in [-0.3, -0.25) is 9.69 Å². The lowest BCUT2D eigenvalue weighted by Crippen LogP contribution is -2.55. The summed E-state index contributed by atoms with van der Waals surface area (Å²) in [6, 6.07) is 0.190. The molecule has 1 heterocycles. The smallest absolute Gasteiger partial charge is 0.317 e. The predicted octanol–water partition coefficient (Wildman–Crippen LogP) is -1.35. The first kappa shape index (κ1) is 10.4. The highest BCUT2D eigenvalue weighted by Crippen LogP contribution is 2.06. The van der Waals surface area contributed by atoms with Crippen LogP contribution in [0.15, 0.2) is 0 Å². The summed E-state index contributed by atoms with van der Waals surface area (Å²) in [5, 5.41) is 8.65. The number of nitrogens with two attached hydrogens (primary N) is 1. The Hall–Kier alpha value is -0.650. The fourth-order valence-corrected chi connectivity index (χ4v) is 1.65. The van der Waals surface area contributed by atoms with Crippen LogP contribution >= 0.6 is 0 Å². The van der Waals surface area contributed by atoms with Crippen molar-refractivity contribution in [2.45, 2.75) is 6.04 Å². The average Bonchev–Trinajstić information content (AvgIpc) is 2.07. The molecule has 13 heavy (non-hydrogen) atoms. The lowest BCUT2D eigenvalue weighted by atomic mass is 10.2. The predicted molar refractivity (Wildman–Crippen MR) is 49.5 cm³/mol. The highest BCUT2D eigenvalue weighted by atomic mass is 16.4. The Labute approximate surface area is 78.1 Å². The minimum Gasteiger partial charge on any atom is -0.480 e. The SMILES string of the molecule is CN1CCN(CC(=O)O)C(CN)C1. The summed E-state index contributed by atoms with van der Waals surface area (Å²) < 4.78 is 0. The largest absolute Gasteiger partial charge is 0.480 e. The molecular weight excluding hydrogens is 170 g/mol. The van der Waals surface area contributed by atoms with E-state index in [1.54, 1.807) is 0 Å². The van der Waals surface area contributed by atoms with E-state index < -0.39 is 5.97 Å². The molecule has 0 aromatic rings. The summed E-state index contributed by atoms with van der Waals surface area (Å²) in [6.07, 6.45) is 0. The van der Waals surface area contributed by atoms with Gasteiger partial charge in [0.2, 0.25) is 0 Å². The van der Waals surface area contributed by atoms with Gasteiger partial charge in [0.1, 0.15) is 0 Å². The van der Waals surface area contributed by atoms with Gasteiger partial charge < -0.3 is 15.7 Å². The number of hydrogen-bond donors (Lipinski definition) is 2. The molecule has 76 valence electrons. The van der Waals surface area contributed by atoms with E-state index in [0.717, 1.165) is 19.6 Å². The zero-order valence-corrected chi connectivity index (χ0v) is 7.94. The Bertz CT molecular complexity index is 186. The van der Waals surface area contributed by atoms with Gasteiger partial charge in [-0.05, 0) is 7.05 Å². The topological polar surface area (TPSA) is 69.8 Å². The molecule has 0 aliphatic carbocycles. The highest BCUT2D eigenvalue weighted by Gasteiger charge is 2.25. The van der Waals surface area contributed by atoms with E-state index in [0.29, 0.717) is 6.54 Å². The number of likely N-dealkylation sites (N-methyl/N-ethyl adjacent to an activating group) is 1. The Balaban J connectivity index is 2.47. The number of aliphatic carboxylic acids is 1. The van der Waals surface area contributed by atoms with Crippen molar-refractivity contribution < 1.29 is 9.90 Å². The van der Waals surface area contributed by atoms with Crippen LogP contribution in [-0.4, -0.2) is 66.7 Å². The Kier molecular flexibility index (Phi) is 3.65. The molecule has 1 atom stereocenters. The van der Waals surface area contributed by atoms with E-state index in [1.807, 2.05) is 11.9 Å². The molecule has 1 aliphatic rings. The lowest BCUT2D eigenvalue weighted by Gasteiger charge is -2.38. The standard InChI is InChI=1S/C8H17N3O2/c1-10-2-3-11(6-8(12)13)7(4-9)5-10/h7H,2-6,9H2,1H3,(H,12,13). The van der Waals surface area contributed by atoms with Crippen LogP contribution in [0, 0.1) is 0 Å². The molecule has 0 aromatic carbocycles. The van der Waals surface area contributed by atoms with Gasteiger partial charge in [-0.1, -0.05) is 0 Å². The van der Waals surface area contributed by atoms with E-state index in [1.165, 1.54) is 0 Å². The summed E-state index contributed by atoms with van der Waals surface area (Å²) in [6.45, 7) is 3.21. The molecule has 0 aromatic heterocycles. The third kappa shape index (κ3) is 2.95. The van der Waals surface area contributed by atoms with Crippen LogP contribution in [0.25, 0.3) is 0 Å². The molecule has 1 unspecified atom stereocenters. The van der Waals surface area contributed by atoms with Crippen LogP contribution in [-0.2, 0) is 4.79 Å². The number of carboxylic acids is 1. The third-order valence-electron chi connectivity index (χ3n) is 2.42. The van der Waals surface area contributed by atoms with Gasteiger partial charge in [-0.2, -0.15) is 0 Å². The molecule has 0 spiro atoms. The first-order valence-electron chi connectivity index (χ1n) is 4.48. The van der Waals surface area contributed by atoms with E-state index in [2.05, 4.69) is 4.90 Å². The molecule has 1 fully saturated rings. The molecule has 5 nitrogen and oxygen atoms in total. The van der Waals surface area contributed by atoms with Gasteiger partial charge in [-0.15, -0.1) is 0 Å². The van der Waals surface area contributed by atoms with Crippen LogP contribution in [0.2, 0.25) is 0 Å². The van der Waals surface area contributed by atoms with Crippen LogP contribution in [0.1, 0.15) is 0 Å². The van der Waals surface area contributed by atoms with Crippen molar-refractivity contribution in [3.8, 4) is 0 Å². The van der Waals surface area contributed by atoms with Crippen molar-refractivity contribution >= 4 is 5.97 Å². The number of piperazine rings is 1. The molecule has 0 radical (unpaired) electrons. The van der Waals surface area contributed by atoms with Gasteiger partial charge in [0.05, 0.1) is 6.54 Å². The molecule has 1 rings (SSSR count). The van der Waals surface area contributed by atoms with Crippen molar-refractivity contribution in [2.75, 3.05) is 39.8 Å². The van der Waals surface area contributed by atoms with Crippen LogP contribution in [0.4, 0.5) is 0 Å². The van der Waals surface area contributed by atoms with Crippen molar-refractivity contribution in [1.29, 1.82) is 0 Å². The van der Waals surface area contributed by atoms with Crippen molar-refractivity contribution in [2.24, 2.45) is 5.73 Å². The molecule has 1 aliphatic heterocycles. The fraction of sp³-hybridized carbons (Fsp3) is 0.875. The molecule has 0 saturated carbocycles. The van der Waals surface area contributed by atoms with Crippen LogP contribution in [0.3, 0.4) is 0 Å². The van der Waals surface area contributed by atoms with Gasteiger partial charge in [-0.25, -0.2) is 0 Å². The van der Waals surface area contributed by atoms with Crippen LogP contribution < -0.4 is 5.73 Å². The normalized spacial score (nSPS) is 26.2. The Morgan fingerprint density at radius 3 is 2.85 bits per heavy atom. The summed E-state index contributed by atoms with van der Waals surface area (Å²) in [4.78, 5) is 14.6. The van der Waals surface area contributed by atoms with Crippen molar-refractivity contribution in [1.82, 2.24) is 9.80 Å². The third-order valence-corrected chi connectivity index (χ3v) is 2.42. The minimum atomic E-state index is -0.775. The van der Waals surface area contributed by atoms with Crippen LogP contribution in [0.5, 0.6) is 0 Å². The van der Waals surface area contributed by atoms with E-state index in [-0.39, 0.29) is 12.6 Å². The number of carbonyl (C=O) groups is 1. The van der Waals surface area contributed by atoms with E-state index in [9.17, 15) is 4.79 Å². The average molecular weight is 187 g/mol. The van der Waals surface area contributed by atoms with Gasteiger partial charge >= 0.3 is 5.97 Å². The maximum Gasteiger partial charge on any atom is 0.317 e. The number of rotatable bonds is 3. The minimum absolute atomic E-state index is 0.107. The number of hydrogen-bond acceptors (Lipinski definition) is 4. The summed E-state index contributed by atoms with van der Waals surface area (Å²) in [5.41, 5.74) is 5.57. The van der Waals surface area contributed by atoms with E-state index in [4.69, 9.17) is 10.8 Å². The van der Waals surface area contributed by atoms with Crippen molar-refractivity contribution in [3.63, 3.8) is 0 Å². The molecule has 0 amide bonds. The maximum absolute atomic E-state index is 10.5. The molecule has 5 heteroatoms. The number of carboxylic acid groups (broad SMARTS) is 1.